The quantitative estimate of drug-likeness (QED) is 0.818. The molecule has 4 nitrogen and oxygen atoms in total. The minimum absolute atomic E-state index is 0.548. The summed E-state index contributed by atoms with van der Waals surface area (Å²) < 4.78 is 5.19. The van der Waals surface area contributed by atoms with Crippen LogP contribution in [0, 0.1) is 5.92 Å². The Morgan fingerprint density at radius 3 is 2.94 bits per heavy atom. The third-order valence-electron chi connectivity index (χ3n) is 3.43. The van der Waals surface area contributed by atoms with Crippen LogP contribution in [0.2, 0.25) is 0 Å². The molecule has 17 heavy (non-hydrogen) atoms. The summed E-state index contributed by atoms with van der Waals surface area (Å²) in [6.07, 6.45) is 4.44. The first-order valence-electron chi connectivity index (χ1n) is 6.19. The highest BCUT2D eigenvalue weighted by molar-refractivity contribution is 5.53. The summed E-state index contributed by atoms with van der Waals surface area (Å²) >= 11 is 0. The summed E-state index contributed by atoms with van der Waals surface area (Å²) in [7, 11) is 1.74. The molecule has 1 aromatic rings. The number of nitrogen functional groups attached to an aromatic ring is 1. The first-order chi connectivity index (χ1) is 8.22. The van der Waals surface area contributed by atoms with Crippen molar-refractivity contribution in [1.82, 2.24) is 4.98 Å². The van der Waals surface area contributed by atoms with Crippen molar-refractivity contribution in [2.45, 2.75) is 25.8 Å². The lowest BCUT2D eigenvalue weighted by atomic mass is 10.1. The van der Waals surface area contributed by atoms with Crippen molar-refractivity contribution in [2.75, 3.05) is 30.9 Å². The van der Waals surface area contributed by atoms with Gasteiger partial charge in [-0.25, -0.2) is 4.98 Å². The number of rotatable bonds is 6. The van der Waals surface area contributed by atoms with E-state index in [0.29, 0.717) is 11.9 Å². The van der Waals surface area contributed by atoms with E-state index in [1.165, 1.54) is 12.8 Å². The Morgan fingerprint density at radius 2 is 2.35 bits per heavy atom. The standard InChI is InChI=1S/C13H21N3O/c1-10(11-3-4-11)16(7-8-17-2)12-5-6-15-13(14)9-12/h5-6,9-11H,3-4,7-8H2,1-2H3,(H2,14,15). The van der Waals surface area contributed by atoms with Gasteiger partial charge in [0.25, 0.3) is 0 Å². The summed E-state index contributed by atoms with van der Waals surface area (Å²) in [5, 5.41) is 0. The second-order valence-corrected chi connectivity index (χ2v) is 4.70. The SMILES string of the molecule is COCCN(c1ccnc(N)c1)C(C)C1CC1. The predicted octanol–water partition coefficient (Wildman–Crippen LogP) is 1.92. The molecule has 1 aromatic heterocycles. The number of hydrogen-bond acceptors (Lipinski definition) is 4. The van der Waals surface area contributed by atoms with Gasteiger partial charge in [-0.05, 0) is 31.7 Å². The van der Waals surface area contributed by atoms with Gasteiger partial charge in [0.1, 0.15) is 5.82 Å². The second-order valence-electron chi connectivity index (χ2n) is 4.70. The minimum Gasteiger partial charge on any atom is -0.384 e. The molecule has 4 heteroatoms. The molecule has 1 saturated carbocycles. The van der Waals surface area contributed by atoms with E-state index in [0.717, 1.165) is 24.8 Å². The van der Waals surface area contributed by atoms with Crippen LogP contribution in [0.15, 0.2) is 18.3 Å². The van der Waals surface area contributed by atoms with Gasteiger partial charge >= 0.3 is 0 Å². The molecular formula is C13H21N3O. The van der Waals surface area contributed by atoms with Gasteiger partial charge in [-0.2, -0.15) is 0 Å². The largest absolute Gasteiger partial charge is 0.384 e. The Kier molecular flexibility index (Phi) is 3.84. The van der Waals surface area contributed by atoms with Gasteiger partial charge in [0, 0.05) is 37.6 Å². The fraction of sp³-hybridized carbons (Fsp3) is 0.615. The van der Waals surface area contributed by atoms with E-state index in [2.05, 4.69) is 16.8 Å². The molecule has 0 aromatic carbocycles. The van der Waals surface area contributed by atoms with Crippen LogP contribution in [0.3, 0.4) is 0 Å². The van der Waals surface area contributed by atoms with E-state index < -0.39 is 0 Å². The average Bonchev–Trinajstić information content (AvgIpc) is 3.13. The van der Waals surface area contributed by atoms with Gasteiger partial charge in [0.15, 0.2) is 0 Å². The van der Waals surface area contributed by atoms with Crippen LogP contribution < -0.4 is 10.6 Å². The fourth-order valence-electron chi connectivity index (χ4n) is 2.21. The Balaban J connectivity index is 2.13. The van der Waals surface area contributed by atoms with E-state index >= 15 is 0 Å². The molecule has 0 aliphatic heterocycles. The molecule has 1 aliphatic rings. The third kappa shape index (κ3) is 3.09. The molecule has 94 valence electrons. The molecule has 0 bridgehead atoms. The average molecular weight is 235 g/mol. The van der Waals surface area contributed by atoms with E-state index in [1.54, 1.807) is 13.3 Å². The Morgan fingerprint density at radius 1 is 1.59 bits per heavy atom. The van der Waals surface area contributed by atoms with Gasteiger partial charge in [0.2, 0.25) is 0 Å². The van der Waals surface area contributed by atoms with Gasteiger partial charge in [-0.1, -0.05) is 0 Å². The second kappa shape index (κ2) is 5.36. The molecule has 2 rings (SSSR count). The van der Waals surface area contributed by atoms with E-state index in [-0.39, 0.29) is 0 Å². The van der Waals surface area contributed by atoms with Crippen molar-refractivity contribution < 1.29 is 4.74 Å². The summed E-state index contributed by atoms with van der Waals surface area (Å²) in [5.41, 5.74) is 6.90. The number of pyridine rings is 1. The lowest BCUT2D eigenvalue weighted by Gasteiger charge is -2.31. The maximum absolute atomic E-state index is 5.75. The Hall–Kier alpha value is -1.29. The van der Waals surface area contributed by atoms with Crippen molar-refractivity contribution in [3.05, 3.63) is 18.3 Å². The van der Waals surface area contributed by atoms with E-state index in [9.17, 15) is 0 Å². The van der Waals surface area contributed by atoms with Crippen molar-refractivity contribution in [3.8, 4) is 0 Å². The van der Waals surface area contributed by atoms with Crippen LogP contribution in [0.1, 0.15) is 19.8 Å². The van der Waals surface area contributed by atoms with Crippen LogP contribution in [0.5, 0.6) is 0 Å². The summed E-state index contributed by atoms with van der Waals surface area (Å²) in [5.74, 6) is 1.40. The number of ether oxygens (including phenoxy) is 1. The molecule has 0 saturated heterocycles. The van der Waals surface area contributed by atoms with Gasteiger partial charge in [-0.3, -0.25) is 0 Å². The highest BCUT2D eigenvalue weighted by Crippen LogP contribution is 2.36. The number of aromatic nitrogens is 1. The van der Waals surface area contributed by atoms with Crippen LogP contribution >= 0.6 is 0 Å². The molecule has 1 aliphatic carbocycles. The van der Waals surface area contributed by atoms with Crippen molar-refractivity contribution in [1.29, 1.82) is 0 Å². The van der Waals surface area contributed by atoms with Crippen LogP contribution in [0.25, 0.3) is 0 Å². The monoisotopic (exact) mass is 235 g/mol. The highest BCUT2D eigenvalue weighted by atomic mass is 16.5. The first kappa shape index (κ1) is 12.2. The van der Waals surface area contributed by atoms with Crippen LogP contribution in [-0.4, -0.2) is 31.3 Å². The number of methoxy groups -OCH3 is 1. The summed E-state index contributed by atoms with van der Waals surface area (Å²) in [6.45, 7) is 3.92. The lowest BCUT2D eigenvalue weighted by Crippen LogP contribution is -2.37. The normalized spacial score (nSPS) is 16.8. The highest BCUT2D eigenvalue weighted by Gasteiger charge is 2.32. The third-order valence-corrected chi connectivity index (χ3v) is 3.43. The molecule has 1 heterocycles. The molecule has 1 atom stereocenters. The lowest BCUT2D eigenvalue weighted by molar-refractivity contribution is 0.202. The first-order valence-corrected chi connectivity index (χ1v) is 6.19. The molecular weight excluding hydrogens is 214 g/mol. The maximum Gasteiger partial charge on any atom is 0.125 e. The van der Waals surface area contributed by atoms with Crippen molar-refractivity contribution in [2.24, 2.45) is 5.92 Å². The molecule has 0 radical (unpaired) electrons. The Bertz CT molecular complexity index is 365. The number of nitrogens with two attached hydrogens (primary N) is 1. The molecule has 1 fully saturated rings. The van der Waals surface area contributed by atoms with Crippen LogP contribution in [-0.2, 0) is 4.74 Å². The summed E-state index contributed by atoms with van der Waals surface area (Å²) in [6, 6.07) is 4.51. The fourth-order valence-corrected chi connectivity index (χ4v) is 2.21. The number of hydrogen-bond donors (Lipinski definition) is 1. The molecule has 0 spiro atoms. The van der Waals surface area contributed by atoms with Gasteiger partial charge in [-0.15, -0.1) is 0 Å². The topological polar surface area (TPSA) is 51.4 Å². The minimum atomic E-state index is 0.548. The molecule has 2 N–H and O–H groups in total. The van der Waals surface area contributed by atoms with E-state index in [1.807, 2.05) is 12.1 Å². The maximum atomic E-state index is 5.75. The van der Waals surface area contributed by atoms with Gasteiger partial charge < -0.3 is 15.4 Å². The predicted molar refractivity (Wildman–Crippen MR) is 70.1 cm³/mol. The summed E-state index contributed by atoms with van der Waals surface area (Å²) in [4.78, 5) is 6.42. The zero-order chi connectivity index (χ0) is 12.3. The molecule has 1 unspecified atom stereocenters. The number of anilines is 2. The number of nitrogens with zero attached hydrogens (tertiary/aromatic N) is 2. The zero-order valence-corrected chi connectivity index (χ0v) is 10.6. The zero-order valence-electron chi connectivity index (χ0n) is 10.6. The Labute approximate surface area is 103 Å². The molecule has 0 amide bonds. The van der Waals surface area contributed by atoms with Gasteiger partial charge in [0.05, 0.1) is 6.61 Å². The van der Waals surface area contributed by atoms with E-state index in [4.69, 9.17) is 10.5 Å². The van der Waals surface area contributed by atoms with Crippen molar-refractivity contribution in [3.63, 3.8) is 0 Å². The van der Waals surface area contributed by atoms with Crippen molar-refractivity contribution >= 4 is 11.5 Å². The van der Waals surface area contributed by atoms with Crippen LogP contribution in [0.4, 0.5) is 11.5 Å². The smallest absolute Gasteiger partial charge is 0.125 e.